The van der Waals surface area contributed by atoms with Crippen molar-refractivity contribution in [2.45, 2.75) is 39.2 Å². The molecule has 0 radical (unpaired) electrons. The van der Waals surface area contributed by atoms with Gasteiger partial charge in [-0.15, -0.1) is 0 Å². The second-order valence-corrected chi connectivity index (χ2v) is 8.53. The molecule has 0 unspecified atom stereocenters. The molecule has 0 aromatic heterocycles. The molecule has 2 heterocycles. The molecule has 1 aromatic carbocycles. The first-order valence-corrected chi connectivity index (χ1v) is 10.7. The van der Waals surface area contributed by atoms with Gasteiger partial charge in [-0.1, -0.05) is 12.5 Å². The van der Waals surface area contributed by atoms with Crippen LogP contribution in [0.15, 0.2) is 18.2 Å². The van der Waals surface area contributed by atoms with E-state index < -0.39 is 0 Å². The number of hydrogen-bond acceptors (Lipinski definition) is 4. The molecule has 0 N–H and O–H groups in total. The standard InChI is InChI=1S/C22H34N4O/c1-18-6-7-21(16-19(18)2)25-10-8-23(9-11-25)17-22(27)26-14-12-24(13-15-26)20-4-3-5-20/h6-7,16,20H,3-5,8-15,17H2,1-2H3. The van der Waals surface area contributed by atoms with E-state index >= 15 is 0 Å². The molecule has 1 saturated carbocycles. The molecule has 0 bridgehead atoms. The van der Waals surface area contributed by atoms with Crippen LogP contribution < -0.4 is 4.90 Å². The van der Waals surface area contributed by atoms with Crippen molar-refractivity contribution in [1.29, 1.82) is 0 Å². The average molecular weight is 371 g/mol. The number of nitrogens with zero attached hydrogens (tertiary/aromatic N) is 4. The number of aryl methyl sites for hydroxylation is 2. The minimum Gasteiger partial charge on any atom is -0.369 e. The van der Waals surface area contributed by atoms with Gasteiger partial charge in [0.2, 0.25) is 5.91 Å². The average Bonchev–Trinajstić information content (AvgIpc) is 2.64. The quantitative estimate of drug-likeness (QED) is 0.812. The van der Waals surface area contributed by atoms with Gasteiger partial charge in [0.25, 0.3) is 0 Å². The van der Waals surface area contributed by atoms with Gasteiger partial charge >= 0.3 is 0 Å². The molecule has 1 amide bonds. The normalized spacial score (nSPS) is 22.7. The predicted octanol–water partition coefficient (Wildman–Crippen LogP) is 2.12. The van der Waals surface area contributed by atoms with Gasteiger partial charge in [0.15, 0.2) is 0 Å². The van der Waals surface area contributed by atoms with E-state index in [1.165, 1.54) is 36.1 Å². The van der Waals surface area contributed by atoms with E-state index in [0.717, 1.165) is 58.4 Å². The molecule has 3 aliphatic rings. The number of amides is 1. The maximum atomic E-state index is 12.7. The Hall–Kier alpha value is -1.59. The SMILES string of the molecule is Cc1ccc(N2CCN(CC(=O)N3CCN(C4CCC4)CC3)CC2)cc1C. The summed E-state index contributed by atoms with van der Waals surface area (Å²) in [5.41, 5.74) is 4.02. The Bertz CT molecular complexity index is 656. The first-order valence-electron chi connectivity index (χ1n) is 10.7. The maximum absolute atomic E-state index is 12.7. The van der Waals surface area contributed by atoms with Crippen molar-refractivity contribution in [2.24, 2.45) is 0 Å². The van der Waals surface area contributed by atoms with Crippen LogP contribution in [0.4, 0.5) is 5.69 Å². The molecule has 1 aromatic rings. The van der Waals surface area contributed by atoms with E-state index in [1.54, 1.807) is 0 Å². The zero-order valence-corrected chi connectivity index (χ0v) is 17.0. The van der Waals surface area contributed by atoms with Crippen molar-refractivity contribution >= 4 is 11.6 Å². The van der Waals surface area contributed by atoms with Crippen molar-refractivity contribution in [3.8, 4) is 0 Å². The summed E-state index contributed by atoms with van der Waals surface area (Å²) in [6, 6.07) is 7.53. The number of carbonyl (C=O) groups is 1. The molecule has 2 aliphatic heterocycles. The second-order valence-electron chi connectivity index (χ2n) is 8.53. The van der Waals surface area contributed by atoms with E-state index in [2.05, 4.69) is 51.6 Å². The molecule has 0 atom stereocenters. The van der Waals surface area contributed by atoms with Crippen molar-refractivity contribution in [3.05, 3.63) is 29.3 Å². The molecule has 27 heavy (non-hydrogen) atoms. The summed E-state index contributed by atoms with van der Waals surface area (Å²) in [5.74, 6) is 0.322. The Morgan fingerprint density at radius 2 is 1.63 bits per heavy atom. The number of anilines is 1. The summed E-state index contributed by atoms with van der Waals surface area (Å²) < 4.78 is 0. The van der Waals surface area contributed by atoms with Crippen molar-refractivity contribution < 1.29 is 4.79 Å². The van der Waals surface area contributed by atoms with Gasteiger partial charge in [-0.3, -0.25) is 14.6 Å². The van der Waals surface area contributed by atoms with E-state index in [9.17, 15) is 4.79 Å². The lowest BCUT2D eigenvalue weighted by Crippen LogP contribution is -2.56. The minimum absolute atomic E-state index is 0.322. The van der Waals surface area contributed by atoms with E-state index in [0.29, 0.717) is 12.5 Å². The van der Waals surface area contributed by atoms with Crippen LogP contribution in [0.25, 0.3) is 0 Å². The second kappa shape index (κ2) is 8.19. The Kier molecular flexibility index (Phi) is 5.69. The molecule has 5 nitrogen and oxygen atoms in total. The highest BCUT2D eigenvalue weighted by Crippen LogP contribution is 2.25. The number of rotatable bonds is 4. The highest BCUT2D eigenvalue weighted by atomic mass is 16.2. The lowest BCUT2D eigenvalue weighted by atomic mass is 9.91. The van der Waals surface area contributed by atoms with Gasteiger partial charge < -0.3 is 9.80 Å². The lowest BCUT2D eigenvalue weighted by Gasteiger charge is -2.43. The summed E-state index contributed by atoms with van der Waals surface area (Å²) in [6.45, 7) is 12.8. The van der Waals surface area contributed by atoms with Gasteiger partial charge in [-0.2, -0.15) is 0 Å². The van der Waals surface area contributed by atoms with E-state index in [1.807, 2.05) is 0 Å². The molecular formula is C22H34N4O. The Balaban J connectivity index is 1.22. The van der Waals surface area contributed by atoms with Gasteiger partial charge in [-0.25, -0.2) is 0 Å². The molecule has 2 saturated heterocycles. The predicted molar refractivity (Wildman–Crippen MR) is 110 cm³/mol. The van der Waals surface area contributed by atoms with Gasteiger partial charge in [0, 0.05) is 64.1 Å². The van der Waals surface area contributed by atoms with Crippen LogP contribution in [0.1, 0.15) is 30.4 Å². The summed E-state index contributed by atoms with van der Waals surface area (Å²) in [6.07, 6.45) is 4.11. The number of carbonyl (C=O) groups excluding carboxylic acids is 1. The third-order valence-electron chi connectivity index (χ3n) is 6.84. The topological polar surface area (TPSA) is 30.0 Å². The Morgan fingerprint density at radius 1 is 0.926 bits per heavy atom. The largest absolute Gasteiger partial charge is 0.369 e. The first kappa shape index (κ1) is 18.8. The summed E-state index contributed by atoms with van der Waals surface area (Å²) in [5, 5.41) is 0. The van der Waals surface area contributed by atoms with Crippen LogP contribution in [-0.2, 0) is 4.79 Å². The number of piperazine rings is 2. The van der Waals surface area contributed by atoms with Crippen LogP contribution in [0.2, 0.25) is 0 Å². The van der Waals surface area contributed by atoms with Crippen molar-refractivity contribution in [3.63, 3.8) is 0 Å². The third kappa shape index (κ3) is 4.30. The van der Waals surface area contributed by atoms with E-state index in [4.69, 9.17) is 0 Å². The smallest absolute Gasteiger partial charge is 0.236 e. The zero-order valence-electron chi connectivity index (χ0n) is 17.0. The molecule has 3 fully saturated rings. The van der Waals surface area contributed by atoms with Crippen LogP contribution in [0, 0.1) is 13.8 Å². The molecule has 0 spiro atoms. The Morgan fingerprint density at radius 3 is 2.22 bits per heavy atom. The molecule has 5 heteroatoms. The monoisotopic (exact) mass is 370 g/mol. The zero-order chi connectivity index (χ0) is 18.8. The van der Waals surface area contributed by atoms with Gasteiger partial charge in [-0.05, 0) is 49.9 Å². The summed E-state index contributed by atoms with van der Waals surface area (Å²) in [7, 11) is 0. The maximum Gasteiger partial charge on any atom is 0.236 e. The van der Waals surface area contributed by atoms with Crippen LogP contribution in [-0.4, -0.2) is 85.6 Å². The number of hydrogen-bond donors (Lipinski definition) is 0. The fraction of sp³-hybridized carbons (Fsp3) is 0.682. The van der Waals surface area contributed by atoms with Gasteiger partial charge in [0.05, 0.1) is 6.54 Å². The molecular weight excluding hydrogens is 336 g/mol. The fourth-order valence-electron chi connectivity index (χ4n) is 4.47. The highest BCUT2D eigenvalue weighted by molar-refractivity contribution is 5.78. The van der Waals surface area contributed by atoms with Crippen molar-refractivity contribution in [1.82, 2.24) is 14.7 Å². The van der Waals surface area contributed by atoms with Crippen molar-refractivity contribution in [2.75, 3.05) is 63.8 Å². The number of benzene rings is 1. The van der Waals surface area contributed by atoms with Gasteiger partial charge in [0.1, 0.15) is 0 Å². The molecule has 148 valence electrons. The minimum atomic E-state index is 0.322. The molecule has 4 rings (SSSR count). The molecule has 1 aliphatic carbocycles. The third-order valence-corrected chi connectivity index (χ3v) is 6.84. The lowest BCUT2D eigenvalue weighted by molar-refractivity contribution is -0.134. The summed E-state index contributed by atoms with van der Waals surface area (Å²) in [4.78, 5) is 22.2. The van der Waals surface area contributed by atoms with Crippen LogP contribution >= 0.6 is 0 Å². The highest BCUT2D eigenvalue weighted by Gasteiger charge is 2.30. The fourth-order valence-corrected chi connectivity index (χ4v) is 4.47. The first-order chi connectivity index (χ1) is 13.1. The van der Waals surface area contributed by atoms with Crippen LogP contribution in [0.3, 0.4) is 0 Å². The summed E-state index contributed by atoms with van der Waals surface area (Å²) >= 11 is 0. The van der Waals surface area contributed by atoms with E-state index in [-0.39, 0.29) is 0 Å². The Labute approximate surface area is 163 Å². The van der Waals surface area contributed by atoms with Crippen LogP contribution in [0.5, 0.6) is 0 Å².